The van der Waals surface area contributed by atoms with Crippen molar-refractivity contribution in [3.8, 4) is 0 Å². The fourth-order valence-electron chi connectivity index (χ4n) is 2.68. The van der Waals surface area contributed by atoms with Crippen molar-refractivity contribution in [3.05, 3.63) is 45.7 Å². The van der Waals surface area contributed by atoms with E-state index in [1.807, 2.05) is 6.92 Å². The predicted octanol–water partition coefficient (Wildman–Crippen LogP) is 4.33. The fraction of sp³-hybridized carbons (Fsp3) is 0.353. The van der Waals surface area contributed by atoms with Gasteiger partial charge in [0.05, 0.1) is 10.7 Å². The molecule has 1 aliphatic heterocycles. The number of halogens is 2. The molecule has 1 saturated heterocycles. The number of hydrogen-bond acceptors (Lipinski definition) is 4. The molecule has 1 N–H and O–H groups in total. The number of aryl methyl sites for hydroxylation is 1. The summed E-state index contributed by atoms with van der Waals surface area (Å²) in [6.07, 6.45) is 3.47. The topological polar surface area (TPSA) is 58.1 Å². The molecule has 126 valence electrons. The highest BCUT2D eigenvalue weighted by molar-refractivity contribution is 6.35. The van der Waals surface area contributed by atoms with Gasteiger partial charge in [-0.1, -0.05) is 23.2 Å². The average molecular weight is 365 g/mol. The first-order valence-corrected chi connectivity index (χ1v) is 8.65. The number of hydrogen-bond donors (Lipinski definition) is 1. The number of aromatic nitrogens is 2. The number of rotatable bonds is 3. The Kier molecular flexibility index (Phi) is 5.21. The van der Waals surface area contributed by atoms with Crippen LogP contribution in [0.25, 0.3) is 0 Å². The molecule has 24 heavy (non-hydrogen) atoms. The molecule has 2 heterocycles. The van der Waals surface area contributed by atoms with Crippen LogP contribution in [0, 0.1) is 6.92 Å². The van der Waals surface area contributed by atoms with Gasteiger partial charge in [-0.2, -0.15) is 0 Å². The number of amides is 1. The quantitative estimate of drug-likeness (QED) is 0.879. The summed E-state index contributed by atoms with van der Waals surface area (Å²) in [5, 5.41) is 3.69. The van der Waals surface area contributed by atoms with Crippen LogP contribution in [-0.4, -0.2) is 29.0 Å². The molecule has 0 saturated carbocycles. The number of benzene rings is 1. The Balaban J connectivity index is 1.84. The summed E-state index contributed by atoms with van der Waals surface area (Å²) >= 11 is 12.1. The van der Waals surface area contributed by atoms with Crippen LogP contribution in [0.2, 0.25) is 10.0 Å². The summed E-state index contributed by atoms with van der Waals surface area (Å²) in [5.74, 6) is 0.278. The summed E-state index contributed by atoms with van der Waals surface area (Å²) < 4.78 is 0. The van der Waals surface area contributed by atoms with E-state index in [1.54, 1.807) is 24.3 Å². The van der Waals surface area contributed by atoms with E-state index in [1.165, 1.54) is 6.42 Å². The molecule has 3 rings (SSSR count). The van der Waals surface area contributed by atoms with Gasteiger partial charge in [0, 0.05) is 23.8 Å². The summed E-state index contributed by atoms with van der Waals surface area (Å²) in [5.41, 5.74) is 1.54. The summed E-state index contributed by atoms with van der Waals surface area (Å²) in [7, 11) is 0. The predicted molar refractivity (Wildman–Crippen MR) is 97.2 cm³/mol. The number of nitrogens with one attached hydrogen (secondary N) is 1. The van der Waals surface area contributed by atoms with Crippen molar-refractivity contribution in [1.82, 2.24) is 9.97 Å². The summed E-state index contributed by atoms with van der Waals surface area (Å²) in [6.45, 7) is 3.70. The average Bonchev–Trinajstić information content (AvgIpc) is 2.58. The van der Waals surface area contributed by atoms with Gasteiger partial charge in [-0.3, -0.25) is 4.79 Å². The van der Waals surface area contributed by atoms with Crippen molar-refractivity contribution in [1.29, 1.82) is 0 Å². The zero-order valence-electron chi connectivity index (χ0n) is 13.4. The monoisotopic (exact) mass is 364 g/mol. The molecule has 1 aromatic carbocycles. The Morgan fingerprint density at radius 1 is 1.12 bits per heavy atom. The lowest BCUT2D eigenvalue weighted by Crippen LogP contribution is -2.31. The third-order valence-electron chi connectivity index (χ3n) is 3.89. The lowest BCUT2D eigenvalue weighted by atomic mass is 10.1. The van der Waals surface area contributed by atoms with Crippen molar-refractivity contribution >= 4 is 40.7 Å². The van der Waals surface area contributed by atoms with E-state index in [2.05, 4.69) is 20.2 Å². The lowest BCUT2D eigenvalue weighted by molar-refractivity contribution is 0.102. The van der Waals surface area contributed by atoms with Gasteiger partial charge in [0.2, 0.25) is 5.95 Å². The molecule has 0 spiro atoms. The Bertz CT molecular complexity index is 760. The number of carbonyl (C=O) groups excluding carboxylic acids is 1. The van der Waals surface area contributed by atoms with Crippen molar-refractivity contribution < 1.29 is 4.79 Å². The maximum atomic E-state index is 12.5. The Labute approximate surface area is 151 Å². The molecule has 0 atom stereocenters. The first kappa shape index (κ1) is 17.0. The van der Waals surface area contributed by atoms with Gasteiger partial charge >= 0.3 is 0 Å². The molecule has 1 aromatic heterocycles. The van der Waals surface area contributed by atoms with Crippen molar-refractivity contribution in [2.24, 2.45) is 0 Å². The molecule has 0 radical (unpaired) electrons. The number of nitrogens with zero attached hydrogens (tertiary/aromatic N) is 3. The normalized spacial score (nSPS) is 14.5. The van der Waals surface area contributed by atoms with Crippen LogP contribution in [0.4, 0.5) is 11.6 Å². The van der Waals surface area contributed by atoms with Gasteiger partial charge in [0.15, 0.2) is 0 Å². The third-order valence-corrected chi connectivity index (χ3v) is 4.46. The number of carbonyl (C=O) groups is 1. The van der Waals surface area contributed by atoms with Crippen LogP contribution in [0.3, 0.4) is 0 Å². The maximum Gasteiger partial charge on any atom is 0.274 e. The zero-order chi connectivity index (χ0) is 17.1. The molecule has 1 fully saturated rings. The molecule has 1 aliphatic rings. The van der Waals surface area contributed by atoms with Crippen LogP contribution in [-0.2, 0) is 0 Å². The number of anilines is 2. The zero-order valence-corrected chi connectivity index (χ0v) is 14.9. The van der Waals surface area contributed by atoms with E-state index in [4.69, 9.17) is 23.2 Å². The van der Waals surface area contributed by atoms with E-state index < -0.39 is 0 Å². The Morgan fingerprint density at radius 2 is 1.88 bits per heavy atom. The van der Waals surface area contributed by atoms with Gasteiger partial charge in [0.1, 0.15) is 5.69 Å². The largest absolute Gasteiger partial charge is 0.341 e. The minimum absolute atomic E-state index is 0.319. The highest BCUT2D eigenvalue weighted by Gasteiger charge is 2.17. The van der Waals surface area contributed by atoms with E-state index in [0.29, 0.717) is 27.4 Å². The second-order valence-corrected chi connectivity index (χ2v) is 6.66. The fourth-order valence-corrected chi connectivity index (χ4v) is 3.02. The molecule has 0 unspecified atom stereocenters. The molecule has 0 aliphatic carbocycles. The Hall–Kier alpha value is -1.85. The van der Waals surface area contributed by atoms with Gasteiger partial charge in [-0.25, -0.2) is 9.97 Å². The van der Waals surface area contributed by atoms with Crippen LogP contribution in [0.15, 0.2) is 24.3 Å². The highest BCUT2D eigenvalue weighted by atomic mass is 35.5. The van der Waals surface area contributed by atoms with E-state index >= 15 is 0 Å². The van der Waals surface area contributed by atoms with Gasteiger partial charge in [-0.15, -0.1) is 0 Å². The summed E-state index contributed by atoms with van der Waals surface area (Å²) in [4.78, 5) is 23.6. The first-order valence-electron chi connectivity index (χ1n) is 7.90. The van der Waals surface area contributed by atoms with Crippen molar-refractivity contribution in [2.45, 2.75) is 26.2 Å². The molecular weight excluding hydrogens is 347 g/mol. The third kappa shape index (κ3) is 3.97. The molecule has 7 heteroatoms. The second kappa shape index (κ2) is 7.36. The van der Waals surface area contributed by atoms with Crippen molar-refractivity contribution in [3.63, 3.8) is 0 Å². The minimum Gasteiger partial charge on any atom is -0.341 e. The van der Waals surface area contributed by atoms with Gasteiger partial charge in [-0.05, 0) is 50.5 Å². The molecule has 1 amide bonds. The molecule has 2 aromatic rings. The standard InChI is InChI=1S/C17H18Cl2N4O/c1-11-9-15(22-17(20-11)23-7-3-2-4-8-23)16(24)21-14-10-12(18)5-6-13(14)19/h5-6,9-10H,2-4,7-8H2,1H3,(H,21,24). The van der Waals surface area contributed by atoms with Gasteiger partial charge < -0.3 is 10.2 Å². The first-order chi connectivity index (χ1) is 11.5. The molecule has 0 bridgehead atoms. The molecule has 5 nitrogen and oxygen atoms in total. The van der Waals surface area contributed by atoms with E-state index in [0.717, 1.165) is 31.6 Å². The second-order valence-electron chi connectivity index (χ2n) is 5.82. The summed E-state index contributed by atoms with van der Waals surface area (Å²) in [6, 6.07) is 6.59. The highest BCUT2D eigenvalue weighted by Crippen LogP contribution is 2.26. The van der Waals surface area contributed by atoms with Gasteiger partial charge in [0.25, 0.3) is 5.91 Å². The van der Waals surface area contributed by atoms with Crippen LogP contribution in [0.1, 0.15) is 35.4 Å². The smallest absolute Gasteiger partial charge is 0.274 e. The number of piperidine rings is 1. The maximum absolute atomic E-state index is 12.5. The van der Waals surface area contributed by atoms with Crippen molar-refractivity contribution in [2.75, 3.05) is 23.3 Å². The van der Waals surface area contributed by atoms with Crippen LogP contribution < -0.4 is 10.2 Å². The van der Waals surface area contributed by atoms with E-state index in [9.17, 15) is 4.79 Å². The van der Waals surface area contributed by atoms with Crippen LogP contribution >= 0.6 is 23.2 Å². The lowest BCUT2D eigenvalue weighted by Gasteiger charge is -2.27. The Morgan fingerprint density at radius 3 is 2.62 bits per heavy atom. The van der Waals surface area contributed by atoms with Crippen LogP contribution in [0.5, 0.6) is 0 Å². The SMILES string of the molecule is Cc1cc(C(=O)Nc2cc(Cl)ccc2Cl)nc(N2CCCCC2)n1. The van der Waals surface area contributed by atoms with E-state index in [-0.39, 0.29) is 5.91 Å². The minimum atomic E-state index is -0.331. The molecular formula is C17H18Cl2N4O.